The van der Waals surface area contributed by atoms with Gasteiger partial charge in [0.25, 0.3) is 0 Å². The van der Waals surface area contributed by atoms with E-state index >= 15 is 0 Å². The lowest BCUT2D eigenvalue weighted by molar-refractivity contribution is 0.104. The van der Waals surface area contributed by atoms with Gasteiger partial charge >= 0.3 is 0 Å². The summed E-state index contributed by atoms with van der Waals surface area (Å²) in [6.45, 7) is 0. The minimum Gasteiger partial charge on any atom is -0.287 e. The van der Waals surface area contributed by atoms with Gasteiger partial charge in [-0.05, 0) is 45.8 Å². The number of aromatic nitrogens is 3. The van der Waals surface area contributed by atoms with Crippen molar-refractivity contribution >= 4 is 27.8 Å². The minimum absolute atomic E-state index is 0.120. The van der Waals surface area contributed by atoms with E-state index in [1.54, 1.807) is 42.5 Å². The van der Waals surface area contributed by atoms with E-state index < -0.39 is 0 Å². The number of allylic oxidation sites excluding steroid dienone is 1. The molecule has 5 heteroatoms. The van der Waals surface area contributed by atoms with Crippen LogP contribution in [0.5, 0.6) is 0 Å². The molecule has 0 saturated carbocycles. The molecule has 86 valence electrons. The fourth-order valence-electron chi connectivity index (χ4n) is 1.32. The molecule has 0 unspecified atom stereocenters. The van der Waals surface area contributed by atoms with Crippen molar-refractivity contribution < 1.29 is 4.79 Å². The quantitative estimate of drug-likeness (QED) is 0.645. The lowest BCUT2D eigenvalue weighted by Crippen LogP contribution is -1.97. The monoisotopic (exact) mass is 291 g/mol. The summed E-state index contributed by atoms with van der Waals surface area (Å²) < 4.78 is 2.48. The lowest BCUT2D eigenvalue weighted by atomic mass is 10.2. The number of carbonyl (C=O) groups excluding carboxylic acids is 1. The van der Waals surface area contributed by atoms with Crippen LogP contribution in [0.2, 0.25) is 0 Å². The number of hydrogen-bond acceptors (Lipinski definition) is 3. The number of hydrogen-bond donors (Lipinski definition) is 0. The zero-order valence-corrected chi connectivity index (χ0v) is 10.8. The predicted octanol–water partition coefficient (Wildman–Crippen LogP) is 2.47. The first-order valence-corrected chi connectivity index (χ1v) is 5.77. The van der Waals surface area contributed by atoms with E-state index in [-0.39, 0.29) is 5.78 Å². The number of carbonyl (C=O) groups is 1. The summed E-state index contributed by atoms with van der Waals surface area (Å²) in [5, 5.41) is 4.03. The highest BCUT2D eigenvalue weighted by Crippen LogP contribution is 2.11. The molecule has 2 aromatic heterocycles. The average molecular weight is 292 g/mol. The van der Waals surface area contributed by atoms with Crippen molar-refractivity contribution in [1.82, 2.24) is 14.8 Å². The second-order valence-electron chi connectivity index (χ2n) is 3.51. The van der Waals surface area contributed by atoms with E-state index in [2.05, 4.69) is 26.0 Å². The second kappa shape index (κ2) is 5.05. The van der Waals surface area contributed by atoms with Crippen molar-refractivity contribution in [3.05, 3.63) is 52.5 Å². The first-order valence-electron chi connectivity index (χ1n) is 4.98. The van der Waals surface area contributed by atoms with E-state index in [0.717, 1.165) is 10.0 Å². The zero-order valence-electron chi connectivity index (χ0n) is 9.17. The molecule has 4 nitrogen and oxygen atoms in total. The number of ketones is 1. The maximum atomic E-state index is 11.7. The number of rotatable bonds is 3. The van der Waals surface area contributed by atoms with E-state index in [1.807, 2.05) is 6.07 Å². The fraction of sp³-hybridized carbons (Fsp3) is 0.0833. The Bertz CT molecular complexity index is 575. The highest BCUT2D eigenvalue weighted by atomic mass is 79.9. The summed E-state index contributed by atoms with van der Waals surface area (Å²) in [6.07, 6.45) is 8.33. The Morgan fingerprint density at radius 2 is 2.29 bits per heavy atom. The molecule has 0 spiro atoms. The topological polar surface area (TPSA) is 47.8 Å². The summed E-state index contributed by atoms with van der Waals surface area (Å²) in [7, 11) is 1.78. The van der Waals surface area contributed by atoms with E-state index in [1.165, 1.54) is 6.08 Å². The summed E-state index contributed by atoms with van der Waals surface area (Å²) >= 11 is 3.32. The minimum atomic E-state index is -0.120. The van der Waals surface area contributed by atoms with Crippen molar-refractivity contribution in [1.29, 1.82) is 0 Å². The summed E-state index contributed by atoms with van der Waals surface area (Å²) in [6, 6.07) is 3.57. The van der Waals surface area contributed by atoms with E-state index in [4.69, 9.17) is 0 Å². The van der Waals surface area contributed by atoms with Gasteiger partial charge in [0, 0.05) is 30.1 Å². The number of aryl methyl sites for hydroxylation is 1. The highest BCUT2D eigenvalue weighted by Gasteiger charge is 2.04. The Kier molecular flexibility index (Phi) is 3.49. The molecule has 0 aliphatic heterocycles. The summed E-state index contributed by atoms with van der Waals surface area (Å²) in [4.78, 5) is 15.7. The Labute approximate surface area is 107 Å². The lowest BCUT2D eigenvalue weighted by Gasteiger charge is -1.93. The normalized spacial score (nSPS) is 10.9. The van der Waals surface area contributed by atoms with Gasteiger partial charge < -0.3 is 0 Å². The van der Waals surface area contributed by atoms with Crippen LogP contribution in [-0.4, -0.2) is 20.5 Å². The largest absolute Gasteiger partial charge is 0.287 e. The van der Waals surface area contributed by atoms with Gasteiger partial charge in [0.15, 0.2) is 0 Å². The zero-order chi connectivity index (χ0) is 12.3. The van der Waals surface area contributed by atoms with E-state index in [9.17, 15) is 4.79 Å². The van der Waals surface area contributed by atoms with Crippen LogP contribution in [0.4, 0.5) is 0 Å². The van der Waals surface area contributed by atoms with Crippen molar-refractivity contribution in [2.24, 2.45) is 7.05 Å². The van der Waals surface area contributed by atoms with Crippen LogP contribution in [0.3, 0.4) is 0 Å². The smallest absolute Gasteiger partial charge is 0.206 e. The van der Waals surface area contributed by atoms with Gasteiger partial charge in [-0.15, -0.1) is 0 Å². The van der Waals surface area contributed by atoms with Gasteiger partial charge in [-0.1, -0.05) is 0 Å². The van der Waals surface area contributed by atoms with Gasteiger partial charge in [-0.25, -0.2) is 0 Å². The molecule has 2 heterocycles. The molecule has 0 radical (unpaired) electrons. The molecule has 0 aliphatic carbocycles. The van der Waals surface area contributed by atoms with Crippen molar-refractivity contribution in [2.75, 3.05) is 0 Å². The molecule has 2 rings (SSSR count). The Morgan fingerprint density at radius 1 is 1.47 bits per heavy atom. The standard InChI is InChI=1S/C12H10BrN3O/c1-16-5-4-11(15-16)12(17)3-2-9-6-10(13)8-14-7-9/h2-8H,1H3. The highest BCUT2D eigenvalue weighted by molar-refractivity contribution is 9.10. The van der Waals surface area contributed by atoms with Crippen LogP contribution in [-0.2, 0) is 7.05 Å². The third-order valence-electron chi connectivity index (χ3n) is 2.12. The molecule has 0 saturated heterocycles. The molecular formula is C12H10BrN3O. The summed E-state index contributed by atoms with van der Waals surface area (Å²) in [5.41, 5.74) is 1.30. The average Bonchev–Trinajstić information content (AvgIpc) is 2.73. The molecule has 0 fully saturated rings. The third-order valence-corrected chi connectivity index (χ3v) is 2.55. The van der Waals surface area contributed by atoms with E-state index in [0.29, 0.717) is 5.69 Å². The second-order valence-corrected chi connectivity index (χ2v) is 4.42. The fourth-order valence-corrected chi connectivity index (χ4v) is 1.71. The van der Waals surface area contributed by atoms with Crippen LogP contribution in [0.25, 0.3) is 6.08 Å². The molecule has 0 bridgehead atoms. The van der Waals surface area contributed by atoms with Crippen LogP contribution in [0.1, 0.15) is 16.1 Å². The molecular weight excluding hydrogens is 282 g/mol. The van der Waals surface area contributed by atoms with Gasteiger partial charge in [0.2, 0.25) is 5.78 Å². The molecule has 2 aromatic rings. The maximum absolute atomic E-state index is 11.7. The number of halogens is 1. The van der Waals surface area contributed by atoms with Crippen molar-refractivity contribution in [3.8, 4) is 0 Å². The van der Waals surface area contributed by atoms with Crippen LogP contribution in [0, 0.1) is 0 Å². The molecule has 0 atom stereocenters. The van der Waals surface area contributed by atoms with Gasteiger partial charge in [0.1, 0.15) is 5.69 Å². The van der Waals surface area contributed by atoms with Crippen molar-refractivity contribution in [2.45, 2.75) is 0 Å². The Morgan fingerprint density at radius 3 is 2.94 bits per heavy atom. The predicted molar refractivity (Wildman–Crippen MR) is 68.5 cm³/mol. The van der Waals surface area contributed by atoms with Gasteiger partial charge in [0.05, 0.1) is 0 Å². The summed E-state index contributed by atoms with van der Waals surface area (Å²) in [5.74, 6) is -0.120. The molecule has 0 amide bonds. The van der Waals surface area contributed by atoms with Gasteiger partial charge in [-0.2, -0.15) is 5.10 Å². The van der Waals surface area contributed by atoms with Crippen LogP contribution < -0.4 is 0 Å². The molecule has 0 aliphatic rings. The van der Waals surface area contributed by atoms with Crippen molar-refractivity contribution in [3.63, 3.8) is 0 Å². The van der Waals surface area contributed by atoms with Gasteiger partial charge in [-0.3, -0.25) is 14.5 Å². The number of nitrogens with zero attached hydrogens (tertiary/aromatic N) is 3. The molecule has 0 aromatic carbocycles. The number of pyridine rings is 1. The first-order chi connectivity index (χ1) is 8.15. The SMILES string of the molecule is Cn1ccc(C(=O)C=Cc2cncc(Br)c2)n1. The van der Waals surface area contributed by atoms with Crippen LogP contribution >= 0.6 is 15.9 Å². The molecule has 0 N–H and O–H groups in total. The van der Waals surface area contributed by atoms with Crippen LogP contribution in [0.15, 0.2) is 41.3 Å². The Hall–Kier alpha value is -1.75. The third kappa shape index (κ3) is 3.10. The first kappa shape index (κ1) is 11.7. The Balaban J connectivity index is 2.13. The molecule has 17 heavy (non-hydrogen) atoms. The maximum Gasteiger partial charge on any atom is 0.206 e.